The number of hydrogen-bond donors (Lipinski definition) is 1. The summed E-state index contributed by atoms with van der Waals surface area (Å²) in [6, 6.07) is 4.08. The van der Waals surface area contributed by atoms with Gasteiger partial charge in [-0.25, -0.2) is 0 Å². The van der Waals surface area contributed by atoms with Crippen molar-refractivity contribution in [2.24, 2.45) is 5.73 Å². The molecular formula is C10H14BrNO. The highest BCUT2D eigenvalue weighted by Gasteiger charge is 2.02. The Kier molecular flexibility index (Phi) is 3.75. The Morgan fingerprint density at radius 3 is 2.62 bits per heavy atom. The summed E-state index contributed by atoms with van der Waals surface area (Å²) in [6.07, 6.45) is 0. The molecule has 1 aromatic carbocycles. The Bertz CT molecular complexity index is 299. The zero-order valence-electron chi connectivity index (χ0n) is 7.93. The van der Waals surface area contributed by atoms with Crippen LogP contribution in [0.15, 0.2) is 16.6 Å². The van der Waals surface area contributed by atoms with Gasteiger partial charge >= 0.3 is 0 Å². The maximum Gasteiger partial charge on any atom is 0.122 e. The average Bonchev–Trinajstić information content (AvgIpc) is 2.09. The molecule has 1 rings (SSSR count). The fourth-order valence-corrected chi connectivity index (χ4v) is 1.54. The third-order valence-corrected chi connectivity index (χ3v) is 2.69. The highest BCUT2D eigenvalue weighted by Crippen LogP contribution is 2.26. The van der Waals surface area contributed by atoms with E-state index in [0.29, 0.717) is 13.2 Å². The summed E-state index contributed by atoms with van der Waals surface area (Å²) in [5.41, 5.74) is 7.67. The topological polar surface area (TPSA) is 35.2 Å². The van der Waals surface area contributed by atoms with Crippen molar-refractivity contribution in [2.45, 2.75) is 13.8 Å². The predicted octanol–water partition coefficient (Wildman–Crippen LogP) is 2.40. The monoisotopic (exact) mass is 243 g/mol. The van der Waals surface area contributed by atoms with Crippen LogP contribution in [-0.4, -0.2) is 13.2 Å². The zero-order valence-corrected chi connectivity index (χ0v) is 9.52. The lowest BCUT2D eigenvalue weighted by Crippen LogP contribution is -2.11. The van der Waals surface area contributed by atoms with Gasteiger partial charge in [0.25, 0.3) is 0 Å². The number of nitrogens with two attached hydrogens (primary N) is 1. The molecule has 0 saturated carbocycles. The Morgan fingerprint density at radius 2 is 2.00 bits per heavy atom. The summed E-state index contributed by atoms with van der Waals surface area (Å²) in [6.45, 7) is 5.19. The summed E-state index contributed by atoms with van der Waals surface area (Å²) in [7, 11) is 0. The molecule has 0 bridgehead atoms. The molecule has 72 valence electrons. The van der Waals surface area contributed by atoms with E-state index in [0.717, 1.165) is 15.8 Å². The van der Waals surface area contributed by atoms with Crippen LogP contribution in [0.5, 0.6) is 5.75 Å². The lowest BCUT2D eigenvalue weighted by Gasteiger charge is -2.09. The van der Waals surface area contributed by atoms with E-state index in [9.17, 15) is 0 Å². The van der Waals surface area contributed by atoms with Crippen molar-refractivity contribution in [3.05, 3.63) is 27.7 Å². The van der Waals surface area contributed by atoms with Gasteiger partial charge in [0, 0.05) is 11.0 Å². The minimum absolute atomic E-state index is 0.550. The van der Waals surface area contributed by atoms with Crippen LogP contribution < -0.4 is 10.5 Å². The summed E-state index contributed by atoms with van der Waals surface area (Å²) >= 11 is 3.47. The van der Waals surface area contributed by atoms with Crippen LogP contribution in [-0.2, 0) is 0 Å². The fourth-order valence-electron chi connectivity index (χ4n) is 1.08. The van der Waals surface area contributed by atoms with Crippen molar-refractivity contribution < 1.29 is 4.74 Å². The quantitative estimate of drug-likeness (QED) is 0.886. The van der Waals surface area contributed by atoms with E-state index in [1.165, 1.54) is 5.56 Å². The highest BCUT2D eigenvalue weighted by molar-refractivity contribution is 9.10. The molecule has 0 aliphatic rings. The summed E-state index contributed by atoms with van der Waals surface area (Å²) in [5.74, 6) is 0.922. The average molecular weight is 244 g/mol. The number of aryl methyl sites for hydroxylation is 2. The molecule has 0 aliphatic heterocycles. The van der Waals surface area contributed by atoms with Gasteiger partial charge in [-0.3, -0.25) is 0 Å². The fraction of sp³-hybridized carbons (Fsp3) is 0.400. The van der Waals surface area contributed by atoms with Crippen LogP contribution in [0.1, 0.15) is 11.1 Å². The second-order valence-corrected chi connectivity index (χ2v) is 3.86. The largest absolute Gasteiger partial charge is 0.492 e. The number of halogens is 1. The van der Waals surface area contributed by atoms with Crippen LogP contribution >= 0.6 is 15.9 Å². The molecular weight excluding hydrogens is 230 g/mol. The van der Waals surface area contributed by atoms with Gasteiger partial charge in [0.05, 0.1) is 0 Å². The lowest BCUT2D eigenvalue weighted by atomic mass is 10.1. The van der Waals surface area contributed by atoms with Gasteiger partial charge in [-0.15, -0.1) is 0 Å². The third kappa shape index (κ3) is 2.71. The van der Waals surface area contributed by atoms with Gasteiger partial charge in [0.15, 0.2) is 0 Å². The second kappa shape index (κ2) is 4.63. The number of benzene rings is 1. The molecule has 13 heavy (non-hydrogen) atoms. The molecule has 0 aliphatic carbocycles. The zero-order chi connectivity index (χ0) is 9.84. The summed E-state index contributed by atoms with van der Waals surface area (Å²) in [5, 5.41) is 0. The number of rotatable bonds is 3. The molecule has 0 unspecified atom stereocenters. The molecule has 0 atom stereocenters. The maximum atomic E-state index is 5.48. The van der Waals surface area contributed by atoms with Crippen LogP contribution in [0.3, 0.4) is 0 Å². The van der Waals surface area contributed by atoms with Crippen molar-refractivity contribution in [2.75, 3.05) is 13.2 Å². The summed E-state index contributed by atoms with van der Waals surface area (Å²) < 4.78 is 6.59. The van der Waals surface area contributed by atoms with Crippen molar-refractivity contribution >= 4 is 15.9 Å². The standard InChI is InChI=1S/C10H14BrNO/c1-7-6-10(13-4-3-12)8(2)5-9(7)11/h5-6H,3-4,12H2,1-2H3. The van der Waals surface area contributed by atoms with Gasteiger partial charge in [-0.05, 0) is 37.1 Å². The Hall–Kier alpha value is -0.540. The molecule has 0 heterocycles. The first-order valence-electron chi connectivity index (χ1n) is 4.24. The smallest absolute Gasteiger partial charge is 0.122 e. The van der Waals surface area contributed by atoms with Crippen LogP contribution in [0, 0.1) is 13.8 Å². The van der Waals surface area contributed by atoms with Crippen molar-refractivity contribution in [3.63, 3.8) is 0 Å². The van der Waals surface area contributed by atoms with Crippen LogP contribution in [0.25, 0.3) is 0 Å². The summed E-state index contributed by atoms with van der Waals surface area (Å²) in [4.78, 5) is 0. The molecule has 0 aromatic heterocycles. The Morgan fingerprint density at radius 1 is 1.31 bits per heavy atom. The number of ether oxygens (including phenoxy) is 1. The minimum Gasteiger partial charge on any atom is -0.492 e. The van der Waals surface area contributed by atoms with E-state index < -0.39 is 0 Å². The van der Waals surface area contributed by atoms with E-state index in [1.807, 2.05) is 19.9 Å². The second-order valence-electron chi connectivity index (χ2n) is 3.00. The van der Waals surface area contributed by atoms with Gasteiger partial charge in [-0.2, -0.15) is 0 Å². The molecule has 1 aromatic rings. The molecule has 0 fully saturated rings. The molecule has 2 N–H and O–H groups in total. The molecule has 2 nitrogen and oxygen atoms in total. The number of hydrogen-bond acceptors (Lipinski definition) is 2. The van der Waals surface area contributed by atoms with Crippen molar-refractivity contribution in [1.82, 2.24) is 0 Å². The van der Waals surface area contributed by atoms with Crippen LogP contribution in [0.2, 0.25) is 0 Å². The van der Waals surface area contributed by atoms with E-state index in [1.54, 1.807) is 0 Å². The van der Waals surface area contributed by atoms with Crippen molar-refractivity contribution in [3.8, 4) is 5.75 Å². The Balaban J connectivity index is 2.88. The molecule has 0 saturated heterocycles. The van der Waals surface area contributed by atoms with Gasteiger partial charge in [-0.1, -0.05) is 15.9 Å². The van der Waals surface area contributed by atoms with E-state index in [-0.39, 0.29) is 0 Å². The predicted molar refractivity (Wildman–Crippen MR) is 58.2 cm³/mol. The van der Waals surface area contributed by atoms with Gasteiger partial charge < -0.3 is 10.5 Å². The van der Waals surface area contributed by atoms with Gasteiger partial charge in [0.1, 0.15) is 12.4 Å². The molecule has 0 amide bonds. The third-order valence-electron chi connectivity index (χ3n) is 1.83. The van der Waals surface area contributed by atoms with Crippen molar-refractivity contribution in [1.29, 1.82) is 0 Å². The highest BCUT2D eigenvalue weighted by atomic mass is 79.9. The molecule has 0 spiro atoms. The first-order chi connectivity index (χ1) is 6.15. The lowest BCUT2D eigenvalue weighted by molar-refractivity contribution is 0.326. The molecule has 0 radical (unpaired) electrons. The minimum atomic E-state index is 0.550. The molecule has 3 heteroatoms. The normalized spacial score (nSPS) is 10.2. The van der Waals surface area contributed by atoms with E-state index in [4.69, 9.17) is 10.5 Å². The van der Waals surface area contributed by atoms with E-state index in [2.05, 4.69) is 22.0 Å². The Labute approximate surface area is 87.2 Å². The van der Waals surface area contributed by atoms with Crippen LogP contribution in [0.4, 0.5) is 0 Å². The first kappa shape index (κ1) is 10.5. The SMILES string of the molecule is Cc1cc(OCCN)c(C)cc1Br. The van der Waals surface area contributed by atoms with E-state index >= 15 is 0 Å². The maximum absolute atomic E-state index is 5.48. The first-order valence-corrected chi connectivity index (χ1v) is 5.04. The van der Waals surface area contributed by atoms with Gasteiger partial charge in [0.2, 0.25) is 0 Å².